The van der Waals surface area contributed by atoms with Crippen molar-refractivity contribution in [2.24, 2.45) is 0 Å². The monoisotopic (exact) mass is 335 g/mol. The van der Waals surface area contributed by atoms with Crippen molar-refractivity contribution in [2.75, 3.05) is 7.11 Å². The van der Waals surface area contributed by atoms with E-state index in [1.54, 1.807) is 31.2 Å². The lowest BCUT2D eigenvalue weighted by molar-refractivity contribution is -0.132. The number of nitrogens with one attached hydrogen (secondary N) is 1. The molecular weight excluding hydrogens is 316 g/mol. The maximum absolute atomic E-state index is 13.3. The highest BCUT2D eigenvalue weighted by atomic mass is 19.2. The number of aliphatic hydroxyl groups excluding tert-OH is 1. The molecule has 0 saturated carbocycles. The largest absolute Gasteiger partial charge is 0.386 e. The van der Waals surface area contributed by atoms with Crippen LogP contribution in [0.4, 0.5) is 8.78 Å². The fraction of sp³-hybridized carbons (Fsp3) is 0.278. The molecule has 0 aliphatic heterocycles. The highest BCUT2D eigenvalue weighted by Gasteiger charge is 2.25. The van der Waals surface area contributed by atoms with Gasteiger partial charge >= 0.3 is 0 Å². The van der Waals surface area contributed by atoms with Crippen molar-refractivity contribution >= 4 is 5.91 Å². The second-order valence-corrected chi connectivity index (χ2v) is 5.44. The van der Waals surface area contributed by atoms with E-state index in [0.29, 0.717) is 5.56 Å². The van der Waals surface area contributed by atoms with Crippen LogP contribution in [0.1, 0.15) is 30.3 Å². The van der Waals surface area contributed by atoms with Crippen LogP contribution in [0.25, 0.3) is 0 Å². The summed E-state index contributed by atoms with van der Waals surface area (Å²) in [5.41, 5.74) is 0.849. The number of ether oxygens (including phenoxy) is 1. The summed E-state index contributed by atoms with van der Waals surface area (Å²) in [5, 5.41) is 12.9. The molecular formula is C18H19F2NO3. The molecule has 0 fully saturated rings. The van der Waals surface area contributed by atoms with Crippen LogP contribution in [0.2, 0.25) is 0 Å². The fourth-order valence-corrected chi connectivity index (χ4v) is 2.39. The van der Waals surface area contributed by atoms with Gasteiger partial charge in [-0.25, -0.2) is 8.78 Å². The Labute approximate surface area is 139 Å². The Morgan fingerprint density at radius 2 is 1.75 bits per heavy atom. The highest BCUT2D eigenvalue weighted by molar-refractivity contribution is 5.82. The molecule has 0 spiro atoms. The molecule has 2 aromatic carbocycles. The van der Waals surface area contributed by atoms with E-state index in [0.717, 1.165) is 12.1 Å². The molecule has 0 heterocycles. The smallest absolute Gasteiger partial charge is 0.254 e. The first-order valence-corrected chi connectivity index (χ1v) is 7.45. The van der Waals surface area contributed by atoms with Gasteiger partial charge in [0.25, 0.3) is 5.91 Å². The average molecular weight is 335 g/mol. The lowest BCUT2D eigenvalue weighted by atomic mass is 10.0. The molecule has 6 heteroatoms. The van der Waals surface area contributed by atoms with E-state index in [2.05, 4.69) is 5.32 Å². The standard InChI is InChI=1S/C18H19F2NO3/c1-11(16(22)13-8-9-14(19)15(20)10-13)21-18(23)17(24-2)12-6-4-3-5-7-12/h3-11,16-17,22H,1-2H3,(H,21,23)/t11-,16-,17+/m0/s1. The van der Waals surface area contributed by atoms with Gasteiger partial charge in [-0.3, -0.25) is 4.79 Å². The van der Waals surface area contributed by atoms with Crippen LogP contribution in [0.3, 0.4) is 0 Å². The minimum atomic E-state index is -1.18. The Balaban J connectivity index is 2.08. The summed E-state index contributed by atoms with van der Waals surface area (Å²) < 4.78 is 31.5. The Kier molecular flexibility index (Phi) is 6.00. The molecule has 0 bridgehead atoms. The van der Waals surface area contributed by atoms with Crippen LogP contribution in [0.15, 0.2) is 48.5 Å². The zero-order valence-corrected chi connectivity index (χ0v) is 13.4. The number of hydrogen-bond acceptors (Lipinski definition) is 3. The zero-order chi connectivity index (χ0) is 17.7. The Morgan fingerprint density at radius 1 is 1.08 bits per heavy atom. The molecule has 24 heavy (non-hydrogen) atoms. The minimum Gasteiger partial charge on any atom is -0.386 e. The zero-order valence-electron chi connectivity index (χ0n) is 13.4. The van der Waals surface area contributed by atoms with E-state index in [4.69, 9.17) is 4.74 Å². The number of amides is 1. The summed E-state index contributed by atoms with van der Waals surface area (Å²) in [4.78, 5) is 12.4. The molecule has 2 N–H and O–H groups in total. The van der Waals surface area contributed by atoms with Crippen LogP contribution in [-0.2, 0) is 9.53 Å². The fourth-order valence-electron chi connectivity index (χ4n) is 2.39. The van der Waals surface area contributed by atoms with E-state index in [1.807, 2.05) is 6.07 Å². The van der Waals surface area contributed by atoms with Gasteiger partial charge in [-0.1, -0.05) is 36.4 Å². The Morgan fingerprint density at radius 3 is 2.33 bits per heavy atom. The molecule has 1 amide bonds. The van der Waals surface area contributed by atoms with E-state index < -0.39 is 35.8 Å². The number of carbonyl (C=O) groups is 1. The van der Waals surface area contributed by atoms with Crippen molar-refractivity contribution < 1.29 is 23.4 Å². The van der Waals surface area contributed by atoms with Gasteiger partial charge in [0.2, 0.25) is 0 Å². The SMILES string of the molecule is CO[C@@H](C(=O)N[C@@H](C)[C@H](O)c1ccc(F)c(F)c1)c1ccccc1. The summed E-state index contributed by atoms with van der Waals surface area (Å²) in [6.07, 6.45) is -2.01. The second kappa shape index (κ2) is 7.99. The number of benzene rings is 2. The quantitative estimate of drug-likeness (QED) is 0.853. The van der Waals surface area contributed by atoms with Gasteiger partial charge in [0.1, 0.15) is 0 Å². The van der Waals surface area contributed by atoms with E-state index in [9.17, 15) is 18.7 Å². The predicted octanol–water partition coefficient (Wildman–Crippen LogP) is 2.89. The highest BCUT2D eigenvalue weighted by Crippen LogP contribution is 2.21. The van der Waals surface area contributed by atoms with E-state index in [-0.39, 0.29) is 5.56 Å². The van der Waals surface area contributed by atoms with Crippen LogP contribution in [0, 0.1) is 11.6 Å². The summed E-state index contributed by atoms with van der Waals surface area (Å²) in [5.74, 6) is -2.48. The predicted molar refractivity (Wildman–Crippen MR) is 85.1 cm³/mol. The molecule has 0 aromatic heterocycles. The first kappa shape index (κ1) is 18.0. The third-order valence-corrected chi connectivity index (χ3v) is 3.70. The van der Waals surface area contributed by atoms with E-state index >= 15 is 0 Å². The third-order valence-electron chi connectivity index (χ3n) is 3.70. The topological polar surface area (TPSA) is 58.6 Å². The number of rotatable bonds is 6. The average Bonchev–Trinajstić information content (AvgIpc) is 2.58. The van der Waals surface area contributed by atoms with Crippen LogP contribution >= 0.6 is 0 Å². The summed E-state index contributed by atoms with van der Waals surface area (Å²) in [7, 11) is 1.41. The first-order valence-electron chi connectivity index (χ1n) is 7.45. The van der Waals surface area contributed by atoms with Gasteiger partial charge in [0, 0.05) is 7.11 Å². The maximum Gasteiger partial charge on any atom is 0.254 e. The maximum atomic E-state index is 13.3. The normalized spacial score (nSPS) is 14.7. The molecule has 3 atom stereocenters. The van der Waals surface area contributed by atoms with Crippen molar-refractivity contribution in [1.82, 2.24) is 5.32 Å². The molecule has 4 nitrogen and oxygen atoms in total. The van der Waals surface area contributed by atoms with Gasteiger partial charge in [-0.2, -0.15) is 0 Å². The number of methoxy groups -OCH3 is 1. The summed E-state index contributed by atoms with van der Waals surface area (Å²) >= 11 is 0. The second-order valence-electron chi connectivity index (χ2n) is 5.44. The molecule has 2 rings (SSSR count). The number of halogens is 2. The van der Waals surface area contributed by atoms with Crippen molar-refractivity contribution in [2.45, 2.75) is 25.2 Å². The molecule has 2 aromatic rings. The number of hydrogen-bond donors (Lipinski definition) is 2. The van der Waals surface area contributed by atoms with Gasteiger partial charge < -0.3 is 15.2 Å². The third kappa shape index (κ3) is 4.15. The van der Waals surface area contributed by atoms with Gasteiger partial charge in [0.05, 0.1) is 12.1 Å². The van der Waals surface area contributed by atoms with Gasteiger partial charge in [-0.15, -0.1) is 0 Å². The molecule has 0 aliphatic carbocycles. The lowest BCUT2D eigenvalue weighted by Gasteiger charge is -2.23. The number of carbonyl (C=O) groups excluding carboxylic acids is 1. The van der Waals surface area contributed by atoms with E-state index in [1.165, 1.54) is 13.2 Å². The van der Waals surface area contributed by atoms with Gasteiger partial charge in [-0.05, 0) is 30.2 Å². The van der Waals surface area contributed by atoms with Crippen LogP contribution in [-0.4, -0.2) is 24.2 Å². The van der Waals surface area contributed by atoms with Crippen molar-refractivity contribution in [3.05, 3.63) is 71.3 Å². The van der Waals surface area contributed by atoms with Crippen molar-refractivity contribution in [3.8, 4) is 0 Å². The molecule has 128 valence electrons. The summed E-state index contributed by atoms with van der Waals surface area (Å²) in [6, 6.07) is 11.3. The minimum absolute atomic E-state index is 0.176. The Bertz CT molecular complexity index is 694. The van der Waals surface area contributed by atoms with Crippen LogP contribution in [0.5, 0.6) is 0 Å². The molecule has 0 unspecified atom stereocenters. The van der Waals surface area contributed by atoms with Crippen molar-refractivity contribution in [3.63, 3.8) is 0 Å². The van der Waals surface area contributed by atoms with Crippen molar-refractivity contribution in [1.29, 1.82) is 0 Å². The molecule has 0 radical (unpaired) electrons. The van der Waals surface area contributed by atoms with Gasteiger partial charge in [0.15, 0.2) is 17.7 Å². The molecule has 0 aliphatic rings. The molecule has 0 saturated heterocycles. The Hall–Kier alpha value is -2.31. The first-order chi connectivity index (χ1) is 11.4. The van der Waals surface area contributed by atoms with Crippen LogP contribution < -0.4 is 5.32 Å². The lowest BCUT2D eigenvalue weighted by Crippen LogP contribution is -2.40. The number of aliphatic hydroxyl groups is 1. The summed E-state index contributed by atoms with van der Waals surface area (Å²) in [6.45, 7) is 1.57.